The summed E-state index contributed by atoms with van der Waals surface area (Å²) in [5.41, 5.74) is -4.78. The van der Waals surface area contributed by atoms with Gasteiger partial charge in [0.05, 0.1) is 36.0 Å². The van der Waals surface area contributed by atoms with E-state index in [1.54, 1.807) is 0 Å². The van der Waals surface area contributed by atoms with E-state index in [-0.39, 0.29) is 38.9 Å². The molecule has 0 fully saturated rings. The number of hydrogen-bond donors (Lipinski definition) is 0. The molecule has 14 heteroatoms. The van der Waals surface area contributed by atoms with Crippen LogP contribution in [0.2, 0.25) is 0 Å². The molecule has 1 aliphatic rings. The molecule has 1 unspecified atom stereocenters. The van der Waals surface area contributed by atoms with Crippen LogP contribution in [0.4, 0.5) is 24.5 Å². The fraction of sp³-hybridized carbons (Fsp3) is 0.556. The molecule has 0 saturated carbocycles. The maximum Gasteiger partial charge on any atom is 0.416 e. The number of amides is 1. The summed E-state index contributed by atoms with van der Waals surface area (Å²) in [5.74, 6) is -2.62. The van der Waals surface area contributed by atoms with Gasteiger partial charge >= 0.3 is 25.6 Å². The average Bonchev–Trinajstić information content (AvgIpc) is 2.71. The Morgan fingerprint density at radius 1 is 1.19 bits per heavy atom. The minimum Gasteiger partial charge on any atom is -0.459 e. The molecule has 1 aromatic carbocycles. The zero-order valence-electron chi connectivity index (χ0n) is 17.5. The lowest BCUT2D eigenvalue weighted by Crippen LogP contribution is -2.42. The minimum atomic E-state index is -4.97. The SMILES string of the molecule is CCOC(=O)C(=O)N1CCC(P(=O)(OCC)OCC)c2cc(C(F)(F)F)cc([N+](=O)[O-])c21. The second kappa shape index (κ2) is 9.97. The number of anilines is 1. The van der Waals surface area contributed by atoms with Crippen molar-refractivity contribution in [1.29, 1.82) is 0 Å². The van der Waals surface area contributed by atoms with E-state index < -0.39 is 58.7 Å². The third-order valence-corrected chi connectivity index (χ3v) is 7.13. The van der Waals surface area contributed by atoms with Crippen molar-refractivity contribution in [2.24, 2.45) is 0 Å². The normalized spacial score (nSPS) is 16.4. The smallest absolute Gasteiger partial charge is 0.416 e. The van der Waals surface area contributed by atoms with E-state index in [9.17, 15) is 37.4 Å². The predicted octanol–water partition coefficient (Wildman–Crippen LogP) is 4.22. The van der Waals surface area contributed by atoms with Crippen LogP contribution >= 0.6 is 7.60 Å². The van der Waals surface area contributed by atoms with Crippen molar-refractivity contribution >= 4 is 30.8 Å². The van der Waals surface area contributed by atoms with Crippen molar-refractivity contribution < 1.29 is 46.0 Å². The lowest BCUT2D eigenvalue weighted by atomic mass is 9.96. The van der Waals surface area contributed by atoms with Gasteiger partial charge in [0.2, 0.25) is 0 Å². The molecule has 0 aliphatic carbocycles. The molecule has 10 nitrogen and oxygen atoms in total. The Morgan fingerprint density at radius 2 is 1.78 bits per heavy atom. The van der Waals surface area contributed by atoms with Gasteiger partial charge < -0.3 is 13.8 Å². The van der Waals surface area contributed by atoms with Crippen molar-refractivity contribution in [3.05, 3.63) is 33.4 Å². The fourth-order valence-electron chi connectivity index (χ4n) is 3.42. The number of carbonyl (C=O) groups is 2. The van der Waals surface area contributed by atoms with Crippen LogP contribution in [0.5, 0.6) is 0 Å². The van der Waals surface area contributed by atoms with Crippen molar-refractivity contribution in [2.45, 2.75) is 39.0 Å². The van der Waals surface area contributed by atoms with Gasteiger partial charge in [0.25, 0.3) is 5.69 Å². The van der Waals surface area contributed by atoms with Crippen LogP contribution in [-0.2, 0) is 34.1 Å². The van der Waals surface area contributed by atoms with E-state index in [4.69, 9.17) is 9.05 Å². The molecule has 178 valence electrons. The Balaban J connectivity index is 2.82. The summed E-state index contributed by atoms with van der Waals surface area (Å²) in [6.45, 7) is 3.72. The molecule has 0 bridgehead atoms. The Labute approximate surface area is 181 Å². The van der Waals surface area contributed by atoms with E-state index in [1.165, 1.54) is 20.8 Å². The Bertz CT molecular complexity index is 943. The highest BCUT2D eigenvalue weighted by Gasteiger charge is 2.47. The van der Waals surface area contributed by atoms with E-state index in [0.717, 1.165) is 0 Å². The van der Waals surface area contributed by atoms with Gasteiger partial charge in [-0.3, -0.25) is 24.4 Å². The molecule has 0 spiro atoms. The quantitative estimate of drug-likeness (QED) is 0.186. The Kier molecular flexibility index (Phi) is 8.02. The molecule has 1 amide bonds. The number of nitro groups is 1. The number of nitrogens with zero attached hydrogens (tertiary/aromatic N) is 2. The zero-order valence-corrected chi connectivity index (χ0v) is 18.4. The number of fused-ring (bicyclic) bond motifs is 1. The predicted molar refractivity (Wildman–Crippen MR) is 105 cm³/mol. The molecular weight excluding hydrogens is 460 g/mol. The molecule has 0 N–H and O–H groups in total. The topological polar surface area (TPSA) is 125 Å². The third kappa shape index (κ3) is 5.11. The summed E-state index contributed by atoms with van der Waals surface area (Å²) in [7, 11) is -4.09. The van der Waals surface area contributed by atoms with Crippen molar-refractivity contribution in [3.63, 3.8) is 0 Å². The molecule has 1 aliphatic heterocycles. The van der Waals surface area contributed by atoms with Gasteiger partial charge in [0.1, 0.15) is 5.69 Å². The van der Waals surface area contributed by atoms with Crippen LogP contribution in [0.3, 0.4) is 0 Å². The Morgan fingerprint density at radius 3 is 2.25 bits per heavy atom. The summed E-state index contributed by atoms with van der Waals surface area (Å²) < 4.78 is 69.0. The number of rotatable bonds is 7. The maximum atomic E-state index is 13.5. The van der Waals surface area contributed by atoms with Crippen LogP contribution in [0.1, 0.15) is 44.0 Å². The molecule has 1 atom stereocenters. The van der Waals surface area contributed by atoms with Gasteiger partial charge in [-0.25, -0.2) is 4.79 Å². The third-order valence-electron chi connectivity index (χ3n) is 4.59. The molecule has 1 aromatic rings. The second-order valence-electron chi connectivity index (χ2n) is 6.55. The number of ether oxygens (including phenoxy) is 1. The number of nitro benzene ring substituents is 1. The van der Waals surface area contributed by atoms with Gasteiger partial charge in [-0.1, -0.05) is 0 Å². The molecule has 0 radical (unpaired) electrons. The summed E-state index contributed by atoms with van der Waals surface area (Å²) in [6.07, 6.45) is -5.20. The monoisotopic (exact) mass is 482 g/mol. The van der Waals surface area contributed by atoms with Crippen LogP contribution in [0.25, 0.3) is 0 Å². The van der Waals surface area contributed by atoms with Crippen molar-refractivity contribution in [3.8, 4) is 0 Å². The molecule has 0 aromatic heterocycles. The molecule has 1 heterocycles. The Hall–Kier alpha value is -2.50. The average molecular weight is 482 g/mol. The minimum absolute atomic E-state index is 0.102. The van der Waals surface area contributed by atoms with E-state index in [2.05, 4.69) is 4.74 Å². The van der Waals surface area contributed by atoms with Gasteiger partial charge in [0, 0.05) is 12.6 Å². The molecule has 0 saturated heterocycles. The first-order valence-corrected chi connectivity index (χ1v) is 11.3. The zero-order chi connectivity index (χ0) is 24.3. The van der Waals surface area contributed by atoms with Crippen molar-refractivity contribution in [1.82, 2.24) is 0 Å². The number of esters is 1. The number of alkyl halides is 3. The largest absolute Gasteiger partial charge is 0.459 e. The van der Waals surface area contributed by atoms with Gasteiger partial charge in [0.15, 0.2) is 0 Å². The van der Waals surface area contributed by atoms with Gasteiger partial charge in [-0.05, 0) is 38.8 Å². The van der Waals surface area contributed by atoms with E-state index >= 15 is 0 Å². The molecular formula is C18H22F3N2O8P. The lowest BCUT2D eigenvalue weighted by molar-refractivity contribution is -0.384. The number of benzene rings is 1. The van der Waals surface area contributed by atoms with Crippen LogP contribution < -0.4 is 4.90 Å². The molecule has 2 rings (SSSR count). The first kappa shape index (κ1) is 25.8. The van der Waals surface area contributed by atoms with Crippen LogP contribution in [0, 0.1) is 10.1 Å². The highest BCUT2D eigenvalue weighted by molar-refractivity contribution is 7.54. The maximum absolute atomic E-state index is 13.5. The lowest BCUT2D eigenvalue weighted by Gasteiger charge is -2.36. The van der Waals surface area contributed by atoms with E-state index in [1.807, 2.05) is 0 Å². The number of hydrogen-bond acceptors (Lipinski definition) is 8. The van der Waals surface area contributed by atoms with Gasteiger partial charge in [-0.15, -0.1) is 0 Å². The highest BCUT2D eigenvalue weighted by Crippen LogP contribution is 2.66. The summed E-state index contributed by atoms with van der Waals surface area (Å²) in [6, 6.07) is 0.835. The number of halogens is 3. The van der Waals surface area contributed by atoms with Crippen LogP contribution in [-0.4, -0.2) is 43.2 Å². The van der Waals surface area contributed by atoms with E-state index in [0.29, 0.717) is 11.0 Å². The summed E-state index contributed by atoms with van der Waals surface area (Å²) in [5, 5.41) is 11.7. The summed E-state index contributed by atoms with van der Waals surface area (Å²) in [4.78, 5) is 35.8. The second-order valence-corrected chi connectivity index (χ2v) is 8.76. The fourth-order valence-corrected chi connectivity index (χ4v) is 5.55. The number of carbonyl (C=O) groups excluding carboxylic acids is 2. The van der Waals surface area contributed by atoms with Crippen LogP contribution in [0.15, 0.2) is 12.1 Å². The molecule has 32 heavy (non-hydrogen) atoms. The first-order valence-electron chi connectivity index (χ1n) is 9.68. The standard InChI is InChI=1S/C18H22F3N2O8P/c1-4-29-17(25)16(24)22-8-7-14(32(28,30-5-2)31-6-3)12-9-11(18(19,20)21)10-13(15(12)22)23(26)27/h9-10,14H,4-8H2,1-3H3. The highest BCUT2D eigenvalue weighted by atomic mass is 31.2. The van der Waals surface area contributed by atoms with Gasteiger partial charge in [-0.2, -0.15) is 13.2 Å². The summed E-state index contributed by atoms with van der Waals surface area (Å²) >= 11 is 0. The van der Waals surface area contributed by atoms with Crippen molar-refractivity contribution in [2.75, 3.05) is 31.3 Å². The first-order chi connectivity index (χ1) is 14.9.